The number of thiocarbonyl (C=S) groups is 1. The van der Waals surface area contributed by atoms with Crippen LogP contribution in [0.3, 0.4) is 0 Å². The van der Waals surface area contributed by atoms with Crippen LogP contribution in [0.25, 0.3) is 16.5 Å². The van der Waals surface area contributed by atoms with Crippen molar-refractivity contribution >= 4 is 40.0 Å². The van der Waals surface area contributed by atoms with E-state index in [0.29, 0.717) is 12.1 Å². The summed E-state index contributed by atoms with van der Waals surface area (Å²) >= 11 is 5.30. The summed E-state index contributed by atoms with van der Waals surface area (Å²) in [5.41, 5.74) is 0.437. The third-order valence-corrected chi connectivity index (χ3v) is 5.28. The minimum absolute atomic E-state index is 0.104. The molecule has 1 aromatic heterocycles. The van der Waals surface area contributed by atoms with E-state index in [1.807, 2.05) is 61.5 Å². The maximum Gasteiger partial charge on any atom is 0.335 e. The van der Waals surface area contributed by atoms with E-state index in [4.69, 9.17) is 12.2 Å². The van der Waals surface area contributed by atoms with Gasteiger partial charge in [-0.05, 0) is 41.7 Å². The van der Waals surface area contributed by atoms with Gasteiger partial charge in [-0.1, -0.05) is 61.5 Å². The normalized spacial score (nSPS) is 11.2. The van der Waals surface area contributed by atoms with Gasteiger partial charge in [-0.25, -0.2) is 14.4 Å². The van der Waals surface area contributed by atoms with Crippen molar-refractivity contribution in [2.75, 3.05) is 5.32 Å². The number of nitrogens with one attached hydrogen (secondary N) is 2. The van der Waals surface area contributed by atoms with E-state index in [0.717, 1.165) is 32.8 Å². The topological polar surface area (TPSA) is 99.5 Å². The number of aromatic hydroxyl groups is 1. The Morgan fingerprint density at radius 1 is 1.09 bits per heavy atom. The lowest BCUT2D eigenvalue weighted by molar-refractivity contribution is 0.429. The molecule has 0 amide bonds. The zero-order valence-corrected chi connectivity index (χ0v) is 18.0. The molecule has 0 atom stereocenters. The van der Waals surface area contributed by atoms with Crippen LogP contribution in [0.2, 0.25) is 0 Å². The van der Waals surface area contributed by atoms with Gasteiger partial charge in [-0.3, -0.25) is 9.78 Å². The van der Waals surface area contributed by atoms with E-state index in [-0.39, 0.29) is 10.7 Å². The van der Waals surface area contributed by atoms with Crippen molar-refractivity contribution in [1.29, 1.82) is 0 Å². The number of benzene rings is 3. The number of hydrogen-bond acceptors (Lipinski definition) is 4. The fraction of sp³-hybridized carbons (Fsp3) is 0.0833. The predicted octanol–water partition coefficient (Wildman–Crippen LogP) is 3.76. The van der Waals surface area contributed by atoms with Gasteiger partial charge >= 0.3 is 5.69 Å². The molecular weight excluding hydrogens is 424 g/mol. The Morgan fingerprint density at radius 2 is 1.81 bits per heavy atom. The fourth-order valence-electron chi connectivity index (χ4n) is 3.51. The third-order valence-electron chi connectivity index (χ3n) is 5.08. The van der Waals surface area contributed by atoms with Crippen molar-refractivity contribution in [1.82, 2.24) is 9.55 Å². The molecule has 32 heavy (non-hydrogen) atoms. The first-order chi connectivity index (χ1) is 15.5. The Kier molecular flexibility index (Phi) is 5.96. The molecule has 7 nitrogen and oxygen atoms in total. The highest BCUT2D eigenvalue weighted by atomic mass is 32.1. The van der Waals surface area contributed by atoms with E-state index >= 15 is 0 Å². The maximum atomic E-state index is 12.5. The molecule has 3 N–H and O–H groups in total. The van der Waals surface area contributed by atoms with Crippen LogP contribution in [0, 0.1) is 0 Å². The monoisotopic (exact) mass is 444 g/mol. The summed E-state index contributed by atoms with van der Waals surface area (Å²) in [6, 6.07) is 20.7. The first-order valence-electron chi connectivity index (χ1n) is 9.99. The highest BCUT2D eigenvalue weighted by Crippen LogP contribution is 2.23. The SMILES string of the molecule is CCc1ccccc1-n1c(O)c(C=NC(=S)Nc2cccc3ccccc23)c(=O)[nH]c1=O. The predicted molar refractivity (Wildman–Crippen MR) is 131 cm³/mol. The summed E-state index contributed by atoms with van der Waals surface area (Å²) in [7, 11) is 0. The van der Waals surface area contributed by atoms with E-state index in [2.05, 4.69) is 15.3 Å². The molecule has 160 valence electrons. The Balaban J connectivity index is 1.69. The first kappa shape index (κ1) is 21.2. The smallest absolute Gasteiger partial charge is 0.335 e. The molecule has 0 saturated carbocycles. The number of rotatable bonds is 4. The average molecular weight is 445 g/mol. The fourth-order valence-corrected chi connectivity index (χ4v) is 3.67. The van der Waals surface area contributed by atoms with Crippen LogP contribution in [0.4, 0.5) is 5.69 Å². The number of aromatic nitrogens is 2. The van der Waals surface area contributed by atoms with Crippen LogP contribution in [0.1, 0.15) is 18.1 Å². The minimum Gasteiger partial charge on any atom is -0.493 e. The minimum atomic E-state index is -0.755. The van der Waals surface area contributed by atoms with Gasteiger partial charge in [-0.2, -0.15) is 0 Å². The standard InChI is InChI=1S/C24H20N4O3S/c1-2-15-8-4-6-13-20(15)28-22(30)18(21(29)27-24(28)31)14-25-23(32)26-19-12-7-10-16-9-3-5-11-17(16)19/h3-14,30H,2H2,1H3,(H,26,32)(H,27,29,31). The lowest BCUT2D eigenvalue weighted by Gasteiger charge is -2.13. The molecule has 0 unspecified atom stereocenters. The molecule has 0 saturated heterocycles. The number of hydrogen-bond donors (Lipinski definition) is 3. The van der Waals surface area contributed by atoms with Crippen molar-refractivity contribution in [3.05, 3.63) is 98.7 Å². The van der Waals surface area contributed by atoms with Crippen LogP contribution in [0.5, 0.6) is 5.88 Å². The summed E-state index contributed by atoms with van der Waals surface area (Å²) < 4.78 is 1.06. The summed E-state index contributed by atoms with van der Waals surface area (Å²) in [5.74, 6) is -0.503. The zero-order valence-electron chi connectivity index (χ0n) is 17.2. The molecule has 0 aliphatic rings. The zero-order chi connectivity index (χ0) is 22.7. The van der Waals surface area contributed by atoms with Crippen molar-refractivity contribution in [3.63, 3.8) is 0 Å². The number of anilines is 1. The van der Waals surface area contributed by atoms with Gasteiger partial charge in [0, 0.05) is 17.3 Å². The molecule has 8 heteroatoms. The van der Waals surface area contributed by atoms with Crippen LogP contribution in [0.15, 0.2) is 81.3 Å². The molecule has 0 bridgehead atoms. The third kappa shape index (κ3) is 4.08. The number of aryl methyl sites for hydroxylation is 1. The molecule has 3 aromatic carbocycles. The van der Waals surface area contributed by atoms with Crippen LogP contribution in [-0.4, -0.2) is 26.0 Å². The number of nitrogens with zero attached hydrogens (tertiary/aromatic N) is 2. The van der Waals surface area contributed by atoms with E-state index < -0.39 is 17.1 Å². The second kappa shape index (κ2) is 8.99. The van der Waals surface area contributed by atoms with Gasteiger partial charge in [0.2, 0.25) is 5.88 Å². The van der Waals surface area contributed by atoms with Crippen molar-refractivity contribution < 1.29 is 5.11 Å². The summed E-state index contributed by atoms with van der Waals surface area (Å²) in [6.07, 6.45) is 1.79. The van der Waals surface area contributed by atoms with Gasteiger partial charge < -0.3 is 10.4 Å². The van der Waals surface area contributed by atoms with E-state index in [1.54, 1.807) is 12.1 Å². The van der Waals surface area contributed by atoms with Gasteiger partial charge in [0.1, 0.15) is 5.56 Å². The average Bonchev–Trinajstić information content (AvgIpc) is 2.79. The highest BCUT2D eigenvalue weighted by Gasteiger charge is 2.16. The maximum absolute atomic E-state index is 12.5. The molecule has 0 aliphatic heterocycles. The Hall–Kier alpha value is -4.04. The number of aromatic amines is 1. The Morgan fingerprint density at radius 3 is 2.62 bits per heavy atom. The van der Waals surface area contributed by atoms with E-state index in [1.165, 1.54) is 0 Å². The van der Waals surface area contributed by atoms with Crippen LogP contribution < -0.4 is 16.6 Å². The number of fused-ring (bicyclic) bond motifs is 1. The Labute approximate surface area is 188 Å². The van der Waals surface area contributed by atoms with Gasteiger partial charge in [-0.15, -0.1) is 0 Å². The second-order valence-electron chi connectivity index (χ2n) is 7.03. The van der Waals surface area contributed by atoms with Crippen molar-refractivity contribution in [3.8, 4) is 11.6 Å². The van der Waals surface area contributed by atoms with Gasteiger partial charge in [0.05, 0.1) is 5.69 Å². The van der Waals surface area contributed by atoms with Gasteiger partial charge in [0.15, 0.2) is 5.11 Å². The Bertz CT molecular complexity index is 1470. The van der Waals surface area contributed by atoms with Crippen LogP contribution >= 0.6 is 12.2 Å². The molecular formula is C24H20N4O3S. The molecule has 0 spiro atoms. The van der Waals surface area contributed by atoms with Crippen molar-refractivity contribution in [2.45, 2.75) is 13.3 Å². The molecule has 0 radical (unpaired) electrons. The quantitative estimate of drug-likeness (QED) is 0.329. The molecule has 0 fully saturated rings. The highest BCUT2D eigenvalue weighted by molar-refractivity contribution is 7.80. The van der Waals surface area contributed by atoms with Crippen molar-refractivity contribution in [2.24, 2.45) is 4.99 Å². The molecule has 4 aromatic rings. The number of aliphatic imine (C=N–C) groups is 1. The van der Waals surface area contributed by atoms with Crippen LogP contribution in [-0.2, 0) is 6.42 Å². The second-order valence-corrected chi connectivity index (χ2v) is 7.42. The first-order valence-corrected chi connectivity index (χ1v) is 10.4. The molecule has 4 rings (SSSR count). The number of H-pyrrole nitrogens is 1. The number of para-hydroxylation sites is 1. The summed E-state index contributed by atoms with van der Waals surface area (Å²) in [4.78, 5) is 31.2. The lowest BCUT2D eigenvalue weighted by Crippen LogP contribution is -2.32. The molecule has 0 aliphatic carbocycles. The molecule has 1 heterocycles. The summed E-state index contributed by atoms with van der Waals surface area (Å²) in [6.45, 7) is 1.94. The largest absolute Gasteiger partial charge is 0.493 e. The van der Waals surface area contributed by atoms with E-state index in [9.17, 15) is 14.7 Å². The lowest BCUT2D eigenvalue weighted by atomic mass is 10.1. The van der Waals surface area contributed by atoms with Gasteiger partial charge in [0.25, 0.3) is 5.56 Å². The summed E-state index contributed by atoms with van der Waals surface area (Å²) in [5, 5.41) is 15.9.